The molecule has 9 aromatic rings. The van der Waals surface area contributed by atoms with Gasteiger partial charge in [-0.3, -0.25) is 4.79 Å². The summed E-state index contributed by atoms with van der Waals surface area (Å²) in [5.74, 6) is 4.05. The Kier molecular flexibility index (Phi) is 14.0. The van der Waals surface area contributed by atoms with Crippen molar-refractivity contribution >= 4 is 46.6 Å². The highest BCUT2D eigenvalue weighted by atomic mass is 28.3. The van der Waals surface area contributed by atoms with Crippen LogP contribution in [0.3, 0.4) is 0 Å². The number of nitrogens with zero attached hydrogens (tertiary/aromatic N) is 2. The maximum atomic E-state index is 15.9. The minimum absolute atomic E-state index is 0.141. The van der Waals surface area contributed by atoms with Gasteiger partial charge in [0.1, 0.15) is 42.1 Å². The van der Waals surface area contributed by atoms with E-state index in [4.69, 9.17) is 33.2 Å². The van der Waals surface area contributed by atoms with Crippen LogP contribution in [0.5, 0.6) is 34.5 Å². The zero-order chi connectivity index (χ0) is 48.9. The highest BCUT2D eigenvalue weighted by Gasteiger charge is 2.34. The van der Waals surface area contributed by atoms with Gasteiger partial charge in [-0.25, -0.2) is 0 Å². The molecule has 7 aromatic carbocycles. The van der Waals surface area contributed by atoms with Crippen molar-refractivity contribution in [2.45, 2.75) is 52.0 Å². The van der Waals surface area contributed by atoms with Gasteiger partial charge in [0.25, 0.3) is 0 Å². The molecule has 0 unspecified atom stereocenters. The summed E-state index contributed by atoms with van der Waals surface area (Å²) in [6.45, 7) is 8.71. The Bertz CT molecular complexity index is 3260. The molecule has 9 rings (SSSR count). The van der Waals surface area contributed by atoms with Crippen LogP contribution in [-0.2, 0) is 31.0 Å². The summed E-state index contributed by atoms with van der Waals surface area (Å²) in [5.41, 5.74) is 9.06. The Labute approximate surface area is 410 Å². The third kappa shape index (κ3) is 9.47. The fraction of sp³-hybridized carbons (Fsp3) is 0.237. The maximum Gasteiger partial charge on any atom is 0.210 e. The molecular weight excluding hydrogens is 893 g/mol. The van der Waals surface area contributed by atoms with Crippen molar-refractivity contribution in [1.29, 1.82) is 0 Å². The van der Waals surface area contributed by atoms with Crippen LogP contribution in [0.1, 0.15) is 27.2 Å². The number of carbonyl (C=O) groups is 1. The molecule has 0 aliphatic rings. The molecule has 0 aliphatic heterocycles. The van der Waals surface area contributed by atoms with Gasteiger partial charge in [0, 0.05) is 48.5 Å². The van der Waals surface area contributed by atoms with E-state index < -0.39 is 8.07 Å². The van der Waals surface area contributed by atoms with Crippen molar-refractivity contribution < 1.29 is 38.0 Å². The fourth-order valence-electron chi connectivity index (χ4n) is 9.36. The summed E-state index contributed by atoms with van der Waals surface area (Å²) in [5, 5.41) is 2.74. The van der Waals surface area contributed by atoms with Crippen LogP contribution < -0.4 is 28.4 Å². The van der Waals surface area contributed by atoms with E-state index in [1.54, 1.807) is 35.5 Å². The van der Waals surface area contributed by atoms with Crippen molar-refractivity contribution in [2.24, 2.45) is 0 Å². The smallest absolute Gasteiger partial charge is 0.210 e. The van der Waals surface area contributed by atoms with Gasteiger partial charge in [0.2, 0.25) is 5.78 Å². The number of fused-ring (bicyclic) bond motifs is 5. The van der Waals surface area contributed by atoms with Crippen molar-refractivity contribution in [3.63, 3.8) is 0 Å². The first kappa shape index (κ1) is 47.6. The van der Waals surface area contributed by atoms with E-state index >= 15 is 4.79 Å². The minimum Gasteiger partial charge on any atom is -0.497 e. The minimum atomic E-state index is -1.45. The van der Waals surface area contributed by atoms with Gasteiger partial charge < -0.3 is 42.3 Å². The lowest BCUT2D eigenvalue weighted by Crippen LogP contribution is -2.22. The Morgan fingerprint density at radius 1 is 0.529 bits per heavy atom. The quantitative estimate of drug-likeness (QED) is 0.0424. The van der Waals surface area contributed by atoms with Crippen LogP contribution in [-0.4, -0.2) is 65.1 Å². The van der Waals surface area contributed by atoms with E-state index in [1.165, 1.54) is 0 Å². The SMILES string of the molecule is COc1ccc(CCn2c(C(=O)c3ccc(OC)cc3)c(-c3ccc(OC)cc3)c3c4c5cccc(OCc6ccccc6)c5n(COCC[Si](C)(C)C)c4c(OC)c(-c4ccc(OC)cc4)c32)cc1. The largest absolute Gasteiger partial charge is 0.497 e. The van der Waals surface area contributed by atoms with Crippen LogP contribution in [0.25, 0.3) is 55.0 Å². The predicted octanol–water partition coefficient (Wildman–Crippen LogP) is 13.5. The van der Waals surface area contributed by atoms with Gasteiger partial charge in [0.05, 0.1) is 63.4 Å². The lowest BCUT2D eigenvalue weighted by molar-refractivity contribution is 0.0923. The zero-order valence-electron chi connectivity index (χ0n) is 41.3. The van der Waals surface area contributed by atoms with Gasteiger partial charge in [-0.1, -0.05) is 98.5 Å². The van der Waals surface area contributed by atoms with Crippen molar-refractivity contribution in [1.82, 2.24) is 9.13 Å². The van der Waals surface area contributed by atoms with E-state index in [1.807, 2.05) is 103 Å². The first-order chi connectivity index (χ1) is 34.0. The Morgan fingerprint density at radius 2 is 1.10 bits per heavy atom. The molecule has 10 nitrogen and oxygen atoms in total. The van der Waals surface area contributed by atoms with Crippen LogP contribution in [0, 0.1) is 0 Å². The fourth-order valence-corrected chi connectivity index (χ4v) is 10.1. The second-order valence-electron chi connectivity index (χ2n) is 18.5. The Morgan fingerprint density at radius 3 is 1.67 bits per heavy atom. The Balaban J connectivity index is 1.46. The van der Waals surface area contributed by atoms with E-state index in [0.717, 1.165) is 77.9 Å². The highest BCUT2D eigenvalue weighted by Crippen LogP contribution is 2.53. The monoisotopic (exact) mass is 952 g/mol. The normalized spacial score (nSPS) is 11.6. The number of ketones is 1. The molecule has 0 atom stereocenters. The van der Waals surface area contributed by atoms with Crippen molar-refractivity contribution in [2.75, 3.05) is 42.2 Å². The predicted molar refractivity (Wildman–Crippen MR) is 283 cm³/mol. The van der Waals surface area contributed by atoms with E-state index in [2.05, 4.69) is 71.2 Å². The summed E-state index contributed by atoms with van der Waals surface area (Å²) >= 11 is 0. The molecule has 0 amide bonds. The summed E-state index contributed by atoms with van der Waals surface area (Å²) in [6.07, 6.45) is 0.602. The summed E-state index contributed by atoms with van der Waals surface area (Å²) in [6, 6.07) is 48.9. The van der Waals surface area contributed by atoms with Crippen LogP contribution in [0.2, 0.25) is 25.7 Å². The Hall–Kier alpha value is -7.47. The van der Waals surface area contributed by atoms with Gasteiger partial charge in [-0.2, -0.15) is 0 Å². The average molecular weight is 953 g/mol. The number of methoxy groups -OCH3 is 5. The van der Waals surface area contributed by atoms with Gasteiger partial charge in [0.15, 0.2) is 5.75 Å². The second-order valence-corrected chi connectivity index (χ2v) is 24.2. The second kappa shape index (κ2) is 20.6. The first-order valence-electron chi connectivity index (χ1n) is 23.6. The standard InChI is InChI=1S/C59H60N2O8Si/c1-63-44-25-17-39(18-26-44)33-34-60-55-51(42-21-29-46(65-3)30-22-42)59(67-5)57-52(53(55)50(41-19-27-45(64-2)28-20-41)56(60)58(62)43-23-31-47(66-4)32-24-43)48-15-12-16-49(69-37-40-13-10-9-11-14-40)54(48)61(57)38-68-35-36-70(6,7)8/h9-32H,33-38H2,1-8H3. The van der Waals surface area contributed by atoms with Crippen LogP contribution in [0.15, 0.2) is 146 Å². The molecule has 0 radical (unpaired) electrons. The molecule has 0 spiro atoms. The molecule has 11 heteroatoms. The third-order valence-corrected chi connectivity index (χ3v) is 14.7. The summed E-state index contributed by atoms with van der Waals surface area (Å²) in [7, 11) is 6.90. The number of para-hydroxylation sites is 1. The number of ether oxygens (including phenoxy) is 7. The third-order valence-electron chi connectivity index (χ3n) is 13.0. The molecule has 0 aliphatic carbocycles. The number of aromatic nitrogens is 2. The average Bonchev–Trinajstić information content (AvgIpc) is 3.91. The zero-order valence-corrected chi connectivity index (χ0v) is 42.3. The number of rotatable bonds is 20. The topological polar surface area (TPSA) is 91.5 Å². The lowest BCUT2D eigenvalue weighted by Gasteiger charge is -2.20. The molecule has 2 aromatic heterocycles. The molecule has 0 bridgehead atoms. The van der Waals surface area contributed by atoms with Crippen molar-refractivity contribution in [3.05, 3.63) is 168 Å². The molecule has 0 fully saturated rings. The summed E-state index contributed by atoms with van der Waals surface area (Å²) < 4.78 is 47.3. The molecule has 358 valence electrons. The van der Waals surface area contributed by atoms with E-state index in [9.17, 15) is 0 Å². The number of aryl methyl sites for hydroxylation is 2. The number of hydrogen-bond acceptors (Lipinski definition) is 8. The molecular formula is C59H60N2O8Si. The lowest BCUT2D eigenvalue weighted by atomic mass is 9.92. The van der Waals surface area contributed by atoms with Gasteiger partial charge in [-0.05, 0) is 101 Å². The number of carbonyl (C=O) groups excluding carboxylic acids is 1. The first-order valence-corrected chi connectivity index (χ1v) is 27.3. The number of benzene rings is 7. The van der Waals surface area contributed by atoms with E-state index in [0.29, 0.717) is 66.2 Å². The van der Waals surface area contributed by atoms with Crippen molar-refractivity contribution in [3.8, 4) is 56.8 Å². The van der Waals surface area contributed by atoms with Gasteiger partial charge in [-0.15, -0.1) is 0 Å². The molecule has 0 saturated heterocycles. The molecule has 0 saturated carbocycles. The van der Waals surface area contributed by atoms with Gasteiger partial charge >= 0.3 is 0 Å². The molecule has 2 heterocycles. The maximum absolute atomic E-state index is 15.9. The summed E-state index contributed by atoms with van der Waals surface area (Å²) in [4.78, 5) is 15.9. The number of hydrogen-bond donors (Lipinski definition) is 0. The highest BCUT2D eigenvalue weighted by molar-refractivity contribution is 6.76. The molecule has 70 heavy (non-hydrogen) atoms. The van der Waals surface area contributed by atoms with Crippen LogP contribution >= 0.6 is 0 Å². The molecule has 0 N–H and O–H groups in total. The van der Waals surface area contributed by atoms with E-state index in [-0.39, 0.29) is 12.5 Å². The van der Waals surface area contributed by atoms with Crippen LogP contribution in [0.4, 0.5) is 0 Å².